The van der Waals surface area contributed by atoms with Crippen molar-refractivity contribution in [3.8, 4) is 5.75 Å². The van der Waals surface area contributed by atoms with Crippen LogP contribution in [0.3, 0.4) is 0 Å². The van der Waals surface area contributed by atoms with Crippen LogP contribution < -0.4 is 10.1 Å². The molecule has 0 atom stereocenters. The third-order valence-corrected chi connectivity index (χ3v) is 3.95. The molecule has 2 N–H and O–H groups in total. The topological polar surface area (TPSA) is 75.6 Å². The lowest BCUT2D eigenvalue weighted by molar-refractivity contribution is -0.149. The lowest BCUT2D eigenvalue weighted by Crippen LogP contribution is -2.56. The summed E-state index contributed by atoms with van der Waals surface area (Å²) in [5.41, 5.74) is -0.180. The van der Waals surface area contributed by atoms with Crippen molar-refractivity contribution in [2.45, 2.75) is 44.6 Å². The van der Waals surface area contributed by atoms with Gasteiger partial charge in [0.1, 0.15) is 11.3 Å². The molecule has 1 aliphatic carbocycles. The number of nitrogens with one attached hydrogen (secondary N) is 1. The van der Waals surface area contributed by atoms with Crippen LogP contribution in [0.4, 0.5) is 0 Å². The van der Waals surface area contributed by atoms with E-state index in [4.69, 9.17) is 4.74 Å². The molecule has 0 spiro atoms. The molecule has 0 aliphatic heterocycles. The molecule has 0 radical (unpaired) electrons. The molecule has 0 bridgehead atoms. The normalized spacial score (nSPS) is 17.0. The monoisotopic (exact) mass is 291 g/mol. The molecule has 2 rings (SSSR count). The highest BCUT2D eigenvalue weighted by atomic mass is 16.5. The highest BCUT2D eigenvalue weighted by Crippen LogP contribution is 2.28. The lowest BCUT2D eigenvalue weighted by atomic mass is 9.81. The number of hydrogen-bond acceptors (Lipinski definition) is 3. The Bertz CT molecular complexity index is 521. The quantitative estimate of drug-likeness (QED) is 0.872. The minimum atomic E-state index is -1.12. The molecule has 0 saturated heterocycles. The minimum absolute atomic E-state index is 0.167. The van der Waals surface area contributed by atoms with Gasteiger partial charge in [-0.2, -0.15) is 0 Å². The van der Waals surface area contributed by atoms with Gasteiger partial charge in [0.25, 0.3) is 5.91 Å². The number of aliphatic carboxylic acids is 1. The highest BCUT2D eigenvalue weighted by Gasteiger charge is 2.40. The number of benzene rings is 1. The van der Waals surface area contributed by atoms with Crippen LogP contribution in [0.2, 0.25) is 0 Å². The van der Waals surface area contributed by atoms with Crippen molar-refractivity contribution < 1.29 is 19.4 Å². The second-order valence-electron chi connectivity index (χ2n) is 5.55. The van der Waals surface area contributed by atoms with Crippen molar-refractivity contribution in [1.29, 1.82) is 0 Å². The van der Waals surface area contributed by atoms with Gasteiger partial charge in [0.2, 0.25) is 0 Å². The molecule has 0 aromatic heterocycles. The summed E-state index contributed by atoms with van der Waals surface area (Å²) in [4.78, 5) is 23.5. The second kappa shape index (κ2) is 6.61. The number of carbonyl (C=O) groups excluding carboxylic acids is 1. The van der Waals surface area contributed by atoms with Gasteiger partial charge in [-0.15, -0.1) is 0 Å². The van der Waals surface area contributed by atoms with E-state index in [1.807, 2.05) is 25.1 Å². The summed E-state index contributed by atoms with van der Waals surface area (Å²) in [7, 11) is 0. The second-order valence-corrected chi connectivity index (χ2v) is 5.55. The Balaban J connectivity index is 1.94. The number of aryl methyl sites for hydroxylation is 1. The fourth-order valence-corrected chi connectivity index (χ4v) is 2.71. The van der Waals surface area contributed by atoms with Crippen molar-refractivity contribution in [2.75, 3.05) is 6.61 Å². The van der Waals surface area contributed by atoms with E-state index in [1.165, 1.54) is 0 Å². The van der Waals surface area contributed by atoms with Gasteiger partial charge in [0.05, 0.1) is 0 Å². The SMILES string of the molecule is Cc1ccccc1OCC(=O)NC1(C(=O)O)CCCCC1. The molecule has 1 amide bonds. The predicted octanol–water partition coefficient (Wildman–Crippen LogP) is 2.28. The van der Waals surface area contributed by atoms with E-state index in [0.717, 1.165) is 24.8 Å². The van der Waals surface area contributed by atoms with Crippen LogP contribution in [0, 0.1) is 6.92 Å². The zero-order valence-electron chi connectivity index (χ0n) is 12.2. The average Bonchev–Trinajstić information content (AvgIpc) is 2.47. The fraction of sp³-hybridized carbons (Fsp3) is 0.500. The molecule has 114 valence electrons. The first-order valence-electron chi connectivity index (χ1n) is 7.26. The van der Waals surface area contributed by atoms with Crippen LogP contribution in [0.1, 0.15) is 37.7 Å². The van der Waals surface area contributed by atoms with E-state index in [-0.39, 0.29) is 12.5 Å². The van der Waals surface area contributed by atoms with Crippen molar-refractivity contribution in [2.24, 2.45) is 0 Å². The zero-order chi connectivity index (χ0) is 15.3. The van der Waals surface area contributed by atoms with E-state index in [1.54, 1.807) is 6.07 Å². The Morgan fingerprint density at radius 2 is 1.90 bits per heavy atom. The largest absolute Gasteiger partial charge is 0.484 e. The molecule has 5 heteroatoms. The molecule has 1 fully saturated rings. The number of ether oxygens (including phenoxy) is 1. The Morgan fingerprint density at radius 1 is 1.24 bits per heavy atom. The summed E-state index contributed by atoms with van der Waals surface area (Å²) in [6, 6.07) is 7.41. The maximum atomic E-state index is 12.0. The molecule has 1 aromatic carbocycles. The van der Waals surface area contributed by atoms with Gasteiger partial charge >= 0.3 is 5.97 Å². The summed E-state index contributed by atoms with van der Waals surface area (Å²) < 4.78 is 5.46. The fourth-order valence-electron chi connectivity index (χ4n) is 2.71. The van der Waals surface area contributed by atoms with Crippen LogP contribution in [0.5, 0.6) is 5.75 Å². The van der Waals surface area contributed by atoms with Crippen LogP contribution in [0.25, 0.3) is 0 Å². The summed E-state index contributed by atoms with van der Waals surface area (Å²) in [6.45, 7) is 1.73. The maximum absolute atomic E-state index is 12.0. The maximum Gasteiger partial charge on any atom is 0.329 e. The molecule has 1 saturated carbocycles. The Labute approximate surface area is 124 Å². The summed E-state index contributed by atoms with van der Waals surface area (Å²) in [5, 5.41) is 12.1. The predicted molar refractivity (Wildman–Crippen MR) is 78.3 cm³/mol. The first kappa shape index (κ1) is 15.4. The summed E-state index contributed by atoms with van der Waals surface area (Å²) in [5.74, 6) is -0.699. The van der Waals surface area contributed by atoms with Crippen molar-refractivity contribution in [1.82, 2.24) is 5.32 Å². The minimum Gasteiger partial charge on any atom is -0.484 e. The van der Waals surface area contributed by atoms with E-state index in [9.17, 15) is 14.7 Å². The van der Waals surface area contributed by atoms with Gasteiger partial charge in [0.15, 0.2) is 6.61 Å². The van der Waals surface area contributed by atoms with E-state index in [2.05, 4.69) is 5.32 Å². The van der Waals surface area contributed by atoms with E-state index < -0.39 is 11.5 Å². The van der Waals surface area contributed by atoms with Crippen LogP contribution in [-0.2, 0) is 9.59 Å². The first-order valence-corrected chi connectivity index (χ1v) is 7.26. The van der Waals surface area contributed by atoms with Crippen molar-refractivity contribution in [3.05, 3.63) is 29.8 Å². The smallest absolute Gasteiger partial charge is 0.329 e. The van der Waals surface area contributed by atoms with Crippen LogP contribution >= 0.6 is 0 Å². The van der Waals surface area contributed by atoms with Gasteiger partial charge in [-0.3, -0.25) is 4.79 Å². The number of hydrogen-bond donors (Lipinski definition) is 2. The molecular weight excluding hydrogens is 270 g/mol. The van der Waals surface area contributed by atoms with Gasteiger partial charge in [-0.25, -0.2) is 4.79 Å². The first-order chi connectivity index (χ1) is 10.0. The number of amides is 1. The molecular formula is C16H21NO4. The Kier molecular flexibility index (Phi) is 4.83. The Hall–Kier alpha value is -2.04. The van der Waals surface area contributed by atoms with Crippen LogP contribution in [-0.4, -0.2) is 29.1 Å². The molecule has 5 nitrogen and oxygen atoms in total. The lowest BCUT2D eigenvalue weighted by Gasteiger charge is -2.33. The third-order valence-electron chi connectivity index (χ3n) is 3.95. The van der Waals surface area contributed by atoms with Gasteiger partial charge in [-0.1, -0.05) is 37.5 Å². The highest BCUT2D eigenvalue weighted by molar-refractivity contribution is 5.87. The standard InChI is InChI=1S/C16H21NO4/c1-12-7-3-4-8-13(12)21-11-14(18)17-16(15(19)20)9-5-2-6-10-16/h3-4,7-8H,2,5-6,9-11H2,1H3,(H,17,18)(H,19,20). The van der Waals surface area contributed by atoms with Crippen molar-refractivity contribution in [3.63, 3.8) is 0 Å². The van der Waals surface area contributed by atoms with Crippen molar-refractivity contribution >= 4 is 11.9 Å². The van der Waals surface area contributed by atoms with Gasteiger partial charge in [-0.05, 0) is 31.4 Å². The molecule has 0 unspecified atom stereocenters. The van der Waals surface area contributed by atoms with Crippen LogP contribution in [0.15, 0.2) is 24.3 Å². The summed E-state index contributed by atoms with van der Waals surface area (Å²) in [6.07, 6.45) is 3.64. The molecule has 0 heterocycles. The average molecular weight is 291 g/mol. The van der Waals surface area contributed by atoms with Gasteiger partial charge in [0, 0.05) is 0 Å². The van der Waals surface area contributed by atoms with E-state index in [0.29, 0.717) is 18.6 Å². The number of carboxylic acid groups (broad SMARTS) is 1. The number of para-hydroxylation sites is 1. The number of carboxylic acids is 1. The third kappa shape index (κ3) is 3.74. The zero-order valence-corrected chi connectivity index (χ0v) is 12.2. The van der Waals surface area contributed by atoms with E-state index >= 15 is 0 Å². The number of rotatable bonds is 5. The molecule has 1 aliphatic rings. The molecule has 1 aromatic rings. The van der Waals surface area contributed by atoms with Gasteiger partial charge < -0.3 is 15.2 Å². The Morgan fingerprint density at radius 3 is 2.52 bits per heavy atom. The molecule has 21 heavy (non-hydrogen) atoms. The summed E-state index contributed by atoms with van der Waals surface area (Å²) >= 11 is 0. The number of carbonyl (C=O) groups is 2.